The van der Waals surface area contributed by atoms with Crippen LogP contribution in [0.25, 0.3) is 0 Å². The van der Waals surface area contributed by atoms with Gasteiger partial charge in [0, 0.05) is 31.4 Å². The van der Waals surface area contributed by atoms with Gasteiger partial charge in [-0.1, -0.05) is 16.8 Å². The molecule has 0 saturated carbocycles. The molecule has 0 N–H and O–H groups in total. The van der Waals surface area contributed by atoms with Gasteiger partial charge < -0.3 is 4.52 Å². The SMILES string of the molecule is Cc1nc(C2(c3cncc(Cl)c3)CC3CCC(C2)N3CC(F)(F)F)no1. The highest BCUT2D eigenvalue weighted by Crippen LogP contribution is 2.50. The lowest BCUT2D eigenvalue weighted by Gasteiger charge is -2.45. The Morgan fingerprint density at radius 1 is 1.27 bits per heavy atom. The van der Waals surface area contributed by atoms with Crippen molar-refractivity contribution in [1.29, 1.82) is 0 Å². The minimum Gasteiger partial charge on any atom is -0.340 e. The lowest BCUT2D eigenvalue weighted by molar-refractivity contribution is -0.157. The second kappa shape index (κ2) is 6.20. The lowest BCUT2D eigenvalue weighted by atomic mass is 9.69. The first-order chi connectivity index (χ1) is 12.3. The van der Waals surface area contributed by atoms with Crippen LogP contribution in [0.2, 0.25) is 5.02 Å². The third-order valence-electron chi connectivity index (χ3n) is 5.51. The number of halogens is 4. The van der Waals surface area contributed by atoms with Crippen LogP contribution in [-0.4, -0.2) is 44.8 Å². The molecule has 140 valence electrons. The third-order valence-corrected chi connectivity index (χ3v) is 5.72. The summed E-state index contributed by atoms with van der Waals surface area (Å²) in [5, 5.41) is 4.60. The number of aryl methyl sites for hydroxylation is 1. The lowest BCUT2D eigenvalue weighted by Crippen LogP contribution is -2.53. The van der Waals surface area contributed by atoms with Gasteiger partial charge in [-0.3, -0.25) is 9.88 Å². The second-order valence-corrected chi connectivity index (χ2v) is 7.63. The molecular formula is C17H18ClF3N4O. The molecular weight excluding hydrogens is 369 g/mol. The van der Waals surface area contributed by atoms with E-state index in [4.69, 9.17) is 16.1 Å². The van der Waals surface area contributed by atoms with Gasteiger partial charge in [-0.15, -0.1) is 0 Å². The molecule has 2 aromatic rings. The Morgan fingerprint density at radius 2 is 1.96 bits per heavy atom. The Labute approximate surface area is 153 Å². The van der Waals surface area contributed by atoms with Crippen LogP contribution in [0.5, 0.6) is 0 Å². The number of hydrogen-bond acceptors (Lipinski definition) is 5. The molecule has 4 heterocycles. The van der Waals surface area contributed by atoms with Gasteiger partial charge in [0.05, 0.1) is 17.0 Å². The number of aromatic nitrogens is 3. The minimum absolute atomic E-state index is 0.187. The second-order valence-electron chi connectivity index (χ2n) is 7.19. The van der Waals surface area contributed by atoms with Gasteiger partial charge >= 0.3 is 6.18 Å². The average Bonchev–Trinajstić information content (AvgIpc) is 3.07. The number of piperidine rings is 1. The molecule has 2 fully saturated rings. The van der Waals surface area contributed by atoms with Crippen molar-refractivity contribution >= 4 is 11.6 Å². The van der Waals surface area contributed by atoms with E-state index in [1.54, 1.807) is 24.1 Å². The van der Waals surface area contributed by atoms with E-state index in [1.807, 2.05) is 0 Å². The molecule has 9 heteroatoms. The van der Waals surface area contributed by atoms with Gasteiger partial charge in [0.25, 0.3) is 0 Å². The van der Waals surface area contributed by atoms with Crippen molar-refractivity contribution in [1.82, 2.24) is 20.0 Å². The molecule has 0 amide bonds. The highest BCUT2D eigenvalue weighted by Gasteiger charge is 2.54. The summed E-state index contributed by atoms with van der Waals surface area (Å²) in [7, 11) is 0. The minimum atomic E-state index is -4.21. The van der Waals surface area contributed by atoms with Crippen LogP contribution in [0.4, 0.5) is 13.2 Å². The van der Waals surface area contributed by atoms with Gasteiger partial charge in [0.1, 0.15) is 0 Å². The molecule has 4 rings (SSSR count). The zero-order chi connectivity index (χ0) is 18.5. The van der Waals surface area contributed by atoms with Crippen LogP contribution in [0, 0.1) is 6.92 Å². The summed E-state index contributed by atoms with van der Waals surface area (Å²) >= 11 is 6.14. The zero-order valence-corrected chi connectivity index (χ0v) is 14.9. The largest absolute Gasteiger partial charge is 0.401 e. The summed E-state index contributed by atoms with van der Waals surface area (Å²) in [4.78, 5) is 10.2. The van der Waals surface area contributed by atoms with Crippen molar-refractivity contribution in [2.75, 3.05) is 6.54 Å². The van der Waals surface area contributed by atoms with E-state index in [2.05, 4.69) is 15.1 Å². The van der Waals surface area contributed by atoms with Gasteiger partial charge in [0.2, 0.25) is 5.89 Å². The van der Waals surface area contributed by atoms with Crippen molar-refractivity contribution < 1.29 is 17.7 Å². The Morgan fingerprint density at radius 3 is 2.50 bits per heavy atom. The highest BCUT2D eigenvalue weighted by atomic mass is 35.5. The van der Waals surface area contributed by atoms with E-state index in [0.717, 1.165) is 18.4 Å². The standard InChI is InChI=1S/C17H18ClF3N4O/c1-10-23-15(24-26-10)16(11-4-12(18)8-22-7-11)5-13-2-3-14(6-16)25(13)9-17(19,20)21/h4,7-8,13-14H,2-3,5-6,9H2,1H3. The average molecular weight is 387 g/mol. The Bertz CT molecular complexity index is 795. The highest BCUT2D eigenvalue weighted by molar-refractivity contribution is 6.30. The van der Waals surface area contributed by atoms with Crippen LogP contribution in [0.1, 0.15) is 43.0 Å². The fraction of sp³-hybridized carbons (Fsp3) is 0.588. The summed E-state index contributed by atoms with van der Waals surface area (Å²) in [5.74, 6) is 0.932. The van der Waals surface area contributed by atoms with Crippen molar-refractivity contribution in [2.24, 2.45) is 0 Å². The molecule has 2 aromatic heterocycles. The number of fused-ring (bicyclic) bond motifs is 2. The maximum atomic E-state index is 13.0. The fourth-order valence-electron chi connectivity index (χ4n) is 4.52. The molecule has 0 aromatic carbocycles. The Balaban J connectivity index is 1.75. The topological polar surface area (TPSA) is 55.1 Å². The molecule has 0 spiro atoms. The van der Waals surface area contributed by atoms with Gasteiger partial charge in [-0.2, -0.15) is 18.2 Å². The number of pyridine rings is 1. The molecule has 2 saturated heterocycles. The summed E-state index contributed by atoms with van der Waals surface area (Å²) in [6.45, 7) is 0.825. The van der Waals surface area contributed by atoms with Gasteiger partial charge in [-0.05, 0) is 37.3 Å². The van der Waals surface area contributed by atoms with E-state index in [1.165, 1.54) is 6.20 Å². The maximum Gasteiger partial charge on any atom is 0.401 e. The Kier molecular flexibility index (Phi) is 4.23. The van der Waals surface area contributed by atoms with E-state index < -0.39 is 18.1 Å². The molecule has 2 bridgehead atoms. The van der Waals surface area contributed by atoms with Crippen molar-refractivity contribution in [3.63, 3.8) is 0 Å². The zero-order valence-electron chi connectivity index (χ0n) is 14.1. The summed E-state index contributed by atoms with van der Waals surface area (Å²) in [6, 6.07) is 1.43. The molecule has 0 radical (unpaired) electrons. The summed E-state index contributed by atoms with van der Waals surface area (Å²) in [5.41, 5.74) is 0.193. The summed E-state index contributed by atoms with van der Waals surface area (Å²) < 4.78 is 44.2. The summed E-state index contributed by atoms with van der Waals surface area (Å²) in [6.07, 6.45) is 1.47. The predicted octanol–water partition coefficient (Wildman–Crippen LogP) is 3.90. The van der Waals surface area contributed by atoms with E-state index in [-0.39, 0.29) is 12.1 Å². The predicted molar refractivity (Wildman–Crippen MR) is 87.9 cm³/mol. The maximum absolute atomic E-state index is 13.0. The molecule has 0 aliphatic carbocycles. The molecule has 2 aliphatic heterocycles. The molecule has 26 heavy (non-hydrogen) atoms. The fourth-order valence-corrected chi connectivity index (χ4v) is 4.69. The first kappa shape index (κ1) is 17.7. The number of rotatable bonds is 3. The normalized spacial score (nSPS) is 29.3. The van der Waals surface area contributed by atoms with Crippen LogP contribution >= 0.6 is 11.6 Å². The van der Waals surface area contributed by atoms with Crippen LogP contribution in [0.15, 0.2) is 23.0 Å². The molecule has 5 nitrogen and oxygen atoms in total. The first-order valence-electron chi connectivity index (χ1n) is 8.51. The molecule has 2 atom stereocenters. The monoisotopic (exact) mass is 386 g/mol. The number of hydrogen-bond donors (Lipinski definition) is 0. The van der Waals surface area contributed by atoms with Crippen molar-refractivity contribution in [3.8, 4) is 0 Å². The third kappa shape index (κ3) is 3.09. The van der Waals surface area contributed by atoms with Crippen molar-refractivity contribution in [3.05, 3.63) is 40.8 Å². The molecule has 2 unspecified atom stereocenters. The quantitative estimate of drug-likeness (QED) is 0.800. The van der Waals surface area contributed by atoms with Crippen LogP contribution in [0.3, 0.4) is 0 Å². The van der Waals surface area contributed by atoms with E-state index in [9.17, 15) is 13.2 Å². The van der Waals surface area contributed by atoms with Crippen LogP contribution < -0.4 is 0 Å². The van der Waals surface area contributed by atoms with E-state index in [0.29, 0.717) is 29.6 Å². The Hall–Kier alpha value is -1.67. The van der Waals surface area contributed by atoms with E-state index >= 15 is 0 Å². The van der Waals surface area contributed by atoms with Crippen molar-refractivity contribution in [2.45, 2.75) is 56.3 Å². The number of nitrogens with zero attached hydrogens (tertiary/aromatic N) is 4. The molecule has 2 aliphatic rings. The first-order valence-corrected chi connectivity index (χ1v) is 8.89. The van der Waals surface area contributed by atoms with Gasteiger partial charge in [0.15, 0.2) is 5.82 Å². The smallest absolute Gasteiger partial charge is 0.340 e. The number of alkyl halides is 3. The van der Waals surface area contributed by atoms with Gasteiger partial charge in [-0.25, -0.2) is 0 Å². The van der Waals surface area contributed by atoms with Crippen LogP contribution in [-0.2, 0) is 5.41 Å².